The van der Waals surface area contributed by atoms with Gasteiger partial charge in [-0.05, 0) is 31.2 Å². The lowest BCUT2D eigenvalue weighted by molar-refractivity contribution is -0.135. The Bertz CT molecular complexity index is 310. The lowest BCUT2D eigenvalue weighted by Gasteiger charge is -2.20. The first-order valence-corrected chi connectivity index (χ1v) is 4.35. The molecule has 76 valence electrons. The largest absolute Gasteiger partial charge is 0.480 e. The van der Waals surface area contributed by atoms with Crippen LogP contribution in [-0.4, -0.2) is 24.2 Å². The molecular weight excluding hydrogens is 185 g/mol. The summed E-state index contributed by atoms with van der Waals surface area (Å²) in [7, 11) is 0. The van der Waals surface area contributed by atoms with Crippen molar-refractivity contribution in [2.24, 2.45) is 0 Å². The SMILES string of the molecule is CCN(CC(=O)O)c1ccc(F)cc1. The molecule has 0 spiro atoms. The number of hydrogen-bond donors (Lipinski definition) is 1. The van der Waals surface area contributed by atoms with E-state index in [1.54, 1.807) is 17.0 Å². The van der Waals surface area contributed by atoms with E-state index >= 15 is 0 Å². The summed E-state index contributed by atoms with van der Waals surface area (Å²) in [6.45, 7) is 2.37. The van der Waals surface area contributed by atoms with Crippen LogP contribution >= 0.6 is 0 Å². The summed E-state index contributed by atoms with van der Waals surface area (Å²) in [6.07, 6.45) is 0. The molecule has 0 fully saturated rings. The second-order valence-corrected chi connectivity index (χ2v) is 2.88. The highest BCUT2D eigenvalue weighted by atomic mass is 19.1. The average Bonchev–Trinajstić information content (AvgIpc) is 2.15. The second-order valence-electron chi connectivity index (χ2n) is 2.88. The van der Waals surface area contributed by atoms with Crippen LogP contribution in [0.4, 0.5) is 10.1 Å². The van der Waals surface area contributed by atoms with Gasteiger partial charge in [-0.15, -0.1) is 0 Å². The van der Waals surface area contributed by atoms with Crippen LogP contribution in [0.1, 0.15) is 6.92 Å². The number of rotatable bonds is 4. The summed E-state index contributed by atoms with van der Waals surface area (Å²) in [6, 6.07) is 5.78. The number of carboxylic acids is 1. The first-order chi connectivity index (χ1) is 6.63. The minimum atomic E-state index is -0.892. The molecule has 0 saturated carbocycles. The molecule has 1 rings (SSSR count). The first kappa shape index (κ1) is 10.5. The van der Waals surface area contributed by atoms with E-state index < -0.39 is 5.97 Å². The topological polar surface area (TPSA) is 40.5 Å². The molecule has 0 bridgehead atoms. The maximum Gasteiger partial charge on any atom is 0.323 e. The number of carbonyl (C=O) groups is 1. The Morgan fingerprint density at radius 1 is 1.43 bits per heavy atom. The number of hydrogen-bond acceptors (Lipinski definition) is 2. The van der Waals surface area contributed by atoms with E-state index in [0.717, 1.165) is 5.69 Å². The number of halogens is 1. The summed E-state index contributed by atoms with van der Waals surface area (Å²) >= 11 is 0. The van der Waals surface area contributed by atoms with E-state index in [2.05, 4.69) is 0 Å². The molecule has 0 heterocycles. The Labute approximate surface area is 81.8 Å². The standard InChI is InChI=1S/C10H12FNO2/c1-2-12(7-10(13)14)9-5-3-8(11)4-6-9/h3-6H,2,7H2,1H3,(H,13,14). The fraction of sp³-hybridized carbons (Fsp3) is 0.300. The zero-order valence-electron chi connectivity index (χ0n) is 7.90. The Morgan fingerprint density at radius 3 is 2.43 bits per heavy atom. The van der Waals surface area contributed by atoms with Crippen molar-refractivity contribution in [3.63, 3.8) is 0 Å². The Balaban J connectivity index is 2.78. The molecule has 0 amide bonds. The van der Waals surface area contributed by atoms with Crippen LogP contribution in [0.15, 0.2) is 24.3 Å². The third-order valence-corrected chi connectivity index (χ3v) is 1.90. The van der Waals surface area contributed by atoms with Crippen LogP contribution in [0, 0.1) is 5.82 Å². The molecule has 0 radical (unpaired) electrons. The molecule has 3 nitrogen and oxygen atoms in total. The van der Waals surface area contributed by atoms with Crippen LogP contribution in [0.3, 0.4) is 0 Å². The van der Waals surface area contributed by atoms with Crippen molar-refractivity contribution in [2.75, 3.05) is 18.0 Å². The van der Waals surface area contributed by atoms with E-state index in [1.807, 2.05) is 6.92 Å². The second kappa shape index (κ2) is 4.60. The van der Waals surface area contributed by atoms with E-state index in [9.17, 15) is 9.18 Å². The number of nitrogens with zero attached hydrogens (tertiary/aromatic N) is 1. The highest BCUT2D eigenvalue weighted by Crippen LogP contribution is 2.13. The molecule has 4 heteroatoms. The number of aliphatic carboxylic acids is 1. The van der Waals surface area contributed by atoms with Crippen molar-refractivity contribution in [1.29, 1.82) is 0 Å². The predicted octanol–water partition coefficient (Wildman–Crippen LogP) is 1.74. The van der Waals surface area contributed by atoms with Crippen molar-refractivity contribution in [1.82, 2.24) is 0 Å². The third-order valence-electron chi connectivity index (χ3n) is 1.90. The maximum absolute atomic E-state index is 12.6. The minimum absolute atomic E-state index is 0.0673. The molecule has 0 atom stereocenters. The molecule has 1 aromatic carbocycles. The van der Waals surface area contributed by atoms with Gasteiger partial charge in [0.2, 0.25) is 0 Å². The van der Waals surface area contributed by atoms with Crippen molar-refractivity contribution in [2.45, 2.75) is 6.92 Å². The highest BCUT2D eigenvalue weighted by molar-refractivity contribution is 5.73. The van der Waals surface area contributed by atoms with Crippen LogP contribution in [-0.2, 0) is 4.79 Å². The molecule has 0 aliphatic rings. The number of anilines is 1. The van der Waals surface area contributed by atoms with E-state index in [4.69, 9.17) is 5.11 Å². The lowest BCUT2D eigenvalue weighted by atomic mass is 10.3. The number of carboxylic acid groups (broad SMARTS) is 1. The quantitative estimate of drug-likeness (QED) is 0.799. The van der Waals surface area contributed by atoms with E-state index in [1.165, 1.54) is 12.1 Å². The Hall–Kier alpha value is -1.58. The molecule has 1 N–H and O–H groups in total. The third kappa shape index (κ3) is 2.73. The maximum atomic E-state index is 12.6. The van der Waals surface area contributed by atoms with Crippen molar-refractivity contribution in [3.8, 4) is 0 Å². The summed E-state index contributed by atoms with van der Waals surface area (Å²) < 4.78 is 12.6. The Morgan fingerprint density at radius 2 is 2.00 bits per heavy atom. The number of likely N-dealkylation sites (N-methyl/N-ethyl adjacent to an activating group) is 1. The summed E-state index contributed by atoms with van der Waals surface area (Å²) in [5, 5.41) is 8.62. The number of benzene rings is 1. The van der Waals surface area contributed by atoms with Gasteiger partial charge in [0.15, 0.2) is 0 Å². The van der Waals surface area contributed by atoms with Gasteiger partial charge in [0.05, 0.1) is 0 Å². The van der Waals surface area contributed by atoms with Gasteiger partial charge in [0.25, 0.3) is 0 Å². The zero-order chi connectivity index (χ0) is 10.6. The van der Waals surface area contributed by atoms with Gasteiger partial charge in [0.1, 0.15) is 12.4 Å². The minimum Gasteiger partial charge on any atom is -0.480 e. The monoisotopic (exact) mass is 197 g/mol. The molecule has 0 aliphatic carbocycles. The molecule has 1 aromatic rings. The average molecular weight is 197 g/mol. The molecule has 14 heavy (non-hydrogen) atoms. The smallest absolute Gasteiger partial charge is 0.323 e. The molecule has 0 aliphatic heterocycles. The van der Waals surface area contributed by atoms with Crippen molar-refractivity contribution < 1.29 is 14.3 Å². The lowest BCUT2D eigenvalue weighted by Crippen LogP contribution is -2.29. The normalized spacial score (nSPS) is 9.86. The molecule has 0 aromatic heterocycles. The summed E-state index contributed by atoms with van der Waals surface area (Å²) in [5.74, 6) is -1.21. The van der Waals surface area contributed by atoms with Crippen molar-refractivity contribution in [3.05, 3.63) is 30.1 Å². The predicted molar refractivity (Wildman–Crippen MR) is 51.9 cm³/mol. The van der Waals surface area contributed by atoms with Crippen LogP contribution in [0.5, 0.6) is 0 Å². The van der Waals surface area contributed by atoms with E-state index in [-0.39, 0.29) is 12.4 Å². The first-order valence-electron chi connectivity index (χ1n) is 4.35. The van der Waals surface area contributed by atoms with Gasteiger partial charge < -0.3 is 10.0 Å². The van der Waals surface area contributed by atoms with Gasteiger partial charge in [-0.1, -0.05) is 0 Å². The zero-order valence-corrected chi connectivity index (χ0v) is 7.90. The van der Waals surface area contributed by atoms with Crippen LogP contribution in [0.25, 0.3) is 0 Å². The van der Waals surface area contributed by atoms with Crippen LogP contribution < -0.4 is 4.90 Å². The van der Waals surface area contributed by atoms with Gasteiger partial charge in [-0.3, -0.25) is 4.79 Å². The molecule has 0 unspecified atom stereocenters. The van der Waals surface area contributed by atoms with Gasteiger partial charge in [-0.25, -0.2) is 4.39 Å². The highest BCUT2D eigenvalue weighted by Gasteiger charge is 2.07. The van der Waals surface area contributed by atoms with Crippen molar-refractivity contribution >= 4 is 11.7 Å². The van der Waals surface area contributed by atoms with Gasteiger partial charge in [-0.2, -0.15) is 0 Å². The summed E-state index contributed by atoms with van der Waals surface area (Å²) in [4.78, 5) is 12.1. The van der Waals surface area contributed by atoms with Crippen LogP contribution in [0.2, 0.25) is 0 Å². The fourth-order valence-electron chi connectivity index (χ4n) is 1.20. The molecule has 0 saturated heterocycles. The van der Waals surface area contributed by atoms with Gasteiger partial charge in [0, 0.05) is 12.2 Å². The molecular formula is C10H12FNO2. The summed E-state index contributed by atoms with van der Waals surface area (Å²) in [5.41, 5.74) is 0.719. The Kier molecular flexibility index (Phi) is 3.45. The van der Waals surface area contributed by atoms with E-state index in [0.29, 0.717) is 6.54 Å². The fourth-order valence-corrected chi connectivity index (χ4v) is 1.20. The van der Waals surface area contributed by atoms with Gasteiger partial charge >= 0.3 is 5.97 Å².